The van der Waals surface area contributed by atoms with Gasteiger partial charge in [0.2, 0.25) is 0 Å². The van der Waals surface area contributed by atoms with E-state index in [0.29, 0.717) is 12.2 Å². The van der Waals surface area contributed by atoms with Crippen molar-refractivity contribution in [1.82, 2.24) is 0 Å². The molecule has 2 aromatic rings. The molecular weight excluding hydrogens is 256 g/mol. The summed E-state index contributed by atoms with van der Waals surface area (Å²) in [5.41, 5.74) is 0.874. The SMILES string of the molecule is O=C(O)C[C@H](O)Cc1ccc(Oc2ccccc2)cc1. The number of para-hydroxylation sites is 1. The number of aliphatic hydroxyl groups is 1. The first-order valence-corrected chi connectivity index (χ1v) is 6.35. The van der Waals surface area contributed by atoms with Gasteiger partial charge in [0.15, 0.2) is 0 Å². The van der Waals surface area contributed by atoms with Gasteiger partial charge < -0.3 is 14.9 Å². The van der Waals surface area contributed by atoms with Crippen LogP contribution in [0, 0.1) is 0 Å². The monoisotopic (exact) mass is 272 g/mol. The standard InChI is InChI=1S/C16H16O4/c17-13(11-16(18)19)10-12-6-8-15(9-7-12)20-14-4-2-1-3-5-14/h1-9,13,17H,10-11H2,(H,18,19)/t13-/m1/s1. The average molecular weight is 272 g/mol. The smallest absolute Gasteiger partial charge is 0.305 e. The zero-order valence-electron chi connectivity index (χ0n) is 10.9. The molecule has 0 spiro atoms. The molecular formula is C16H16O4. The van der Waals surface area contributed by atoms with Gasteiger partial charge in [0.1, 0.15) is 11.5 Å². The summed E-state index contributed by atoms with van der Waals surface area (Å²) in [6, 6.07) is 16.7. The van der Waals surface area contributed by atoms with E-state index in [4.69, 9.17) is 9.84 Å². The number of benzene rings is 2. The number of ether oxygens (including phenoxy) is 1. The number of hydrogen-bond donors (Lipinski definition) is 2. The molecule has 0 unspecified atom stereocenters. The molecule has 104 valence electrons. The molecule has 0 radical (unpaired) electrons. The van der Waals surface area contributed by atoms with E-state index in [1.165, 1.54) is 0 Å². The van der Waals surface area contributed by atoms with Crippen LogP contribution in [0.1, 0.15) is 12.0 Å². The topological polar surface area (TPSA) is 66.8 Å². The highest BCUT2D eigenvalue weighted by atomic mass is 16.5. The lowest BCUT2D eigenvalue weighted by molar-refractivity contribution is -0.139. The van der Waals surface area contributed by atoms with Crippen LogP contribution in [0.4, 0.5) is 0 Å². The molecule has 4 nitrogen and oxygen atoms in total. The van der Waals surface area contributed by atoms with E-state index < -0.39 is 12.1 Å². The molecule has 20 heavy (non-hydrogen) atoms. The van der Waals surface area contributed by atoms with Crippen molar-refractivity contribution in [2.75, 3.05) is 0 Å². The molecule has 0 saturated heterocycles. The maximum Gasteiger partial charge on any atom is 0.305 e. The molecule has 0 bridgehead atoms. The van der Waals surface area contributed by atoms with Crippen molar-refractivity contribution < 1.29 is 19.7 Å². The average Bonchev–Trinajstić information content (AvgIpc) is 2.41. The van der Waals surface area contributed by atoms with Gasteiger partial charge in [-0.25, -0.2) is 0 Å². The normalized spacial score (nSPS) is 11.8. The second kappa shape index (κ2) is 6.73. The number of hydrogen-bond acceptors (Lipinski definition) is 3. The van der Waals surface area contributed by atoms with Crippen LogP contribution in [0.5, 0.6) is 11.5 Å². The van der Waals surface area contributed by atoms with Crippen molar-refractivity contribution in [2.45, 2.75) is 18.9 Å². The molecule has 0 heterocycles. The van der Waals surface area contributed by atoms with Crippen LogP contribution in [0.2, 0.25) is 0 Å². The third kappa shape index (κ3) is 4.40. The molecule has 0 aromatic heterocycles. The molecule has 0 aliphatic carbocycles. The molecule has 0 saturated carbocycles. The fourth-order valence-corrected chi connectivity index (χ4v) is 1.86. The zero-order valence-corrected chi connectivity index (χ0v) is 10.9. The van der Waals surface area contributed by atoms with Crippen molar-refractivity contribution in [1.29, 1.82) is 0 Å². The molecule has 4 heteroatoms. The highest BCUT2D eigenvalue weighted by Gasteiger charge is 2.10. The zero-order chi connectivity index (χ0) is 14.4. The summed E-state index contributed by atoms with van der Waals surface area (Å²) in [4.78, 5) is 10.5. The highest BCUT2D eigenvalue weighted by molar-refractivity contribution is 5.67. The van der Waals surface area contributed by atoms with E-state index in [2.05, 4.69) is 0 Å². The fourth-order valence-electron chi connectivity index (χ4n) is 1.86. The first-order valence-electron chi connectivity index (χ1n) is 6.35. The predicted molar refractivity (Wildman–Crippen MR) is 74.9 cm³/mol. The van der Waals surface area contributed by atoms with E-state index in [9.17, 15) is 9.90 Å². The summed E-state index contributed by atoms with van der Waals surface area (Å²) in [5, 5.41) is 18.2. The van der Waals surface area contributed by atoms with Crippen LogP contribution >= 0.6 is 0 Å². The molecule has 0 aliphatic heterocycles. The van der Waals surface area contributed by atoms with Crippen molar-refractivity contribution in [3.05, 3.63) is 60.2 Å². The van der Waals surface area contributed by atoms with Gasteiger partial charge in [-0.2, -0.15) is 0 Å². The number of rotatable bonds is 6. The maximum absolute atomic E-state index is 10.5. The highest BCUT2D eigenvalue weighted by Crippen LogP contribution is 2.21. The lowest BCUT2D eigenvalue weighted by atomic mass is 10.1. The van der Waals surface area contributed by atoms with Crippen molar-refractivity contribution in [3.63, 3.8) is 0 Å². The third-order valence-corrected chi connectivity index (χ3v) is 2.78. The van der Waals surface area contributed by atoms with Crippen molar-refractivity contribution in [3.8, 4) is 11.5 Å². The molecule has 0 fully saturated rings. The van der Waals surface area contributed by atoms with Crippen LogP contribution in [-0.4, -0.2) is 22.3 Å². The molecule has 2 aromatic carbocycles. The Morgan fingerprint density at radius 3 is 2.20 bits per heavy atom. The van der Waals surface area contributed by atoms with Gasteiger partial charge in [-0.1, -0.05) is 30.3 Å². The van der Waals surface area contributed by atoms with Gasteiger partial charge >= 0.3 is 5.97 Å². The first-order chi connectivity index (χ1) is 9.63. The Morgan fingerprint density at radius 1 is 1.00 bits per heavy atom. The second-order valence-corrected chi connectivity index (χ2v) is 4.51. The molecule has 0 aliphatic rings. The molecule has 2 rings (SSSR count). The second-order valence-electron chi connectivity index (χ2n) is 4.51. The van der Waals surface area contributed by atoms with E-state index in [1.54, 1.807) is 12.1 Å². The lowest BCUT2D eigenvalue weighted by Gasteiger charge is -2.09. The number of aliphatic hydroxyl groups excluding tert-OH is 1. The minimum absolute atomic E-state index is 0.248. The number of carboxylic acids is 1. The summed E-state index contributed by atoms with van der Waals surface area (Å²) in [7, 11) is 0. The quantitative estimate of drug-likeness (QED) is 0.848. The fraction of sp³-hybridized carbons (Fsp3) is 0.188. The van der Waals surface area contributed by atoms with Gasteiger partial charge in [0, 0.05) is 0 Å². The molecule has 2 N–H and O–H groups in total. The van der Waals surface area contributed by atoms with E-state index in [1.807, 2.05) is 42.5 Å². The third-order valence-electron chi connectivity index (χ3n) is 2.78. The first kappa shape index (κ1) is 14.1. The van der Waals surface area contributed by atoms with Gasteiger partial charge in [-0.15, -0.1) is 0 Å². The number of carboxylic acid groups (broad SMARTS) is 1. The van der Waals surface area contributed by atoms with Crippen LogP contribution in [-0.2, 0) is 11.2 Å². The maximum atomic E-state index is 10.5. The van der Waals surface area contributed by atoms with Crippen molar-refractivity contribution in [2.24, 2.45) is 0 Å². The Bertz CT molecular complexity index is 548. The number of carbonyl (C=O) groups is 1. The largest absolute Gasteiger partial charge is 0.481 e. The Hall–Kier alpha value is -2.33. The predicted octanol–water partition coefficient (Wildman–Crippen LogP) is 2.86. The summed E-state index contributed by atoms with van der Waals surface area (Å²) >= 11 is 0. The van der Waals surface area contributed by atoms with Gasteiger partial charge in [0.25, 0.3) is 0 Å². The molecule has 1 atom stereocenters. The van der Waals surface area contributed by atoms with E-state index in [0.717, 1.165) is 11.3 Å². The van der Waals surface area contributed by atoms with Gasteiger partial charge in [0.05, 0.1) is 12.5 Å². The van der Waals surface area contributed by atoms with Crippen LogP contribution in [0.3, 0.4) is 0 Å². The van der Waals surface area contributed by atoms with E-state index >= 15 is 0 Å². The molecule has 0 amide bonds. The summed E-state index contributed by atoms with van der Waals surface area (Å²) < 4.78 is 5.65. The Morgan fingerprint density at radius 2 is 1.60 bits per heavy atom. The van der Waals surface area contributed by atoms with Crippen LogP contribution in [0.15, 0.2) is 54.6 Å². The summed E-state index contributed by atoms with van der Waals surface area (Å²) in [6.45, 7) is 0. The number of aliphatic carboxylic acids is 1. The summed E-state index contributed by atoms with van der Waals surface area (Å²) in [6.07, 6.45) is -0.798. The summed E-state index contributed by atoms with van der Waals surface area (Å²) in [5.74, 6) is 0.459. The van der Waals surface area contributed by atoms with Crippen molar-refractivity contribution >= 4 is 5.97 Å². The van der Waals surface area contributed by atoms with Crippen LogP contribution in [0.25, 0.3) is 0 Å². The Labute approximate surface area is 117 Å². The minimum atomic E-state index is -0.999. The van der Waals surface area contributed by atoms with Gasteiger partial charge in [-0.3, -0.25) is 4.79 Å². The van der Waals surface area contributed by atoms with E-state index in [-0.39, 0.29) is 6.42 Å². The Kier molecular flexibility index (Phi) is 4.74. The Balaban J connectivity index is 1.94. The van der Waals surface area contributed by atoms with Crippen LogP contribution < -0.4 is 4.74 Å². The lowest BCUT2D eigenvalue weighted by Crippen LogP contribution is -2.15. The minimum Gasteiger partial charge on any atom is -0.481 e. The van der Waals surface area contributed by atoms with Gasteiger partial charge in [-0.05, 0) is 36.2 Å².